The van der Waals surface area contributed by atoms with Gasteiger partial charge in [0.05, 0.1) is 98.2 Å². The van der Waals surface area contributed by atoms with Crippen molar-refractivity contribution in [2.45, 2.75) is 71.1 Å². The Balaban J connectivity index is 0.000000146. The van der Waals surface area contributed by atoms with Gasteiger partial charge in [-0.25, -0.2) is 50.7 Å². The van der Waals surface area contributed by atoms with E-state index < -0.39 is 46.9 Å². The summed E-state index contributed by atoms with van der Waals surface area (Å²) in [5.74, 6) is -5.67. The van der Waals surface area contributed by atoms with E-state index in [9.17, 15) is 46.6 Å². The van der Waals surface area contributed by atoms with Gasteiger partial charge in [-0.3, -0.25) is 44.9 Å². The number of aromatic nitrogens is 9. The first-order valence-electron chi connectivity index (χ1n) is 39.3. The number of likely N-dealkylation sites (tertiary alicyclic amines) is 1. The Morgan fingerprint density at radius 3 is 1.07 bits per heavy atom. The number of benzene rings is 7. The fraction of sp³-hybridized carbons (Fsp3) is 0.407. The summed E-state index contributed by atoms with van der Waals surface area (Å²) in [4.78, 5) is 49.0. The Hall–Kier alpha value is -9.08. The van der Waals surface area contributed by atoms with Crippen molar-refractivity contribution in [3.8, 4) is 11.4 Å². The number of nitrogens with one attached hydrogen (secondary N) is 1. The molecule has 0 aliphatic carbocycles. The van der Waals surface area contributed by atoms with Crippen LogP contribution in [0.4, 0.5) is 66.2 Å². The van der Waals surface area contributed by atoms with Crippen LogP contribution in [0.2, 0.25) is 0 Å². The first-order valence-corrected chi connectivity index (χ1v) is 42.5. The minimum absolute atomic E-state index is 0.0658. The number of H-pyrrole nitrogens is 1. The molecule has 0 saturated carbocycles. The van der Waals surface area contributed by atoms with Gasteiger partial charge in [0, 0.05) is 148 Å². The zero-order chi connectivity index (χ0) is 87.5. The van der Waals surface area contributed by atoms with Crippen molar-refractivity contribution in [2.75, 3.05) is 171 Å². The van der Waals surface area contributed by atoms with Crippen LogP contribution in [0.3, 0.4) is 0 Å². The molecule has 3 aromatic heterocycles. The number of hydrogen-bond acceptors (Lipinski definition) is 25. The summed E-state index contributed by atoms with van der Waals surface area (Å²) in [6, 6.07) is 35.2. The Labute approximate surface area is 736 Å². The summed E-state index contributed by atoms with van der Waals surface area (Å²) in [6.45, 7) is 30.5. The molecular formula is C81H97BBr4F6N20O10. The van der Waals surface area contributed by atoms with E-state index in [2.05, 4.69) is 171 Å². The Bertz CT molecular complexity index is 4750. The summed E-state index contributed by atoms with van der Waals surface area (Å²) in [5, 5.41) is 52.1. The SMILES string of the molecule is Brc1ncn[nH]1.C1CCN(C2COC2)CC1.Cc1cc(Br)cc([N+](=O)[O-])c1.Cc1cc(N)cc(N2CCN(C3COC3)CC2)c1.Cc1cc(N)cc(N2CCN(C3COC3)CC2)c1.Cc1cc(N2CCN(C3COC3)CC2)cc([N+](=O)[O-])c1.Fc1ccc(-n2cnc(Br)n2)cc1F.Fc1ccc(-n2cnc(Br)n2)cc1F.OB(O)c1ccc(F)c(F)c1. The van der Waals surface area contributed by atoms with Gasteiger partial charge >= 0.3 is 7.12 Å². The average Bonchev–Trinajstić information content (AvgIpc) is 1.89. The third-order valence-electron chi connectivity index (χ3n) is 20.5. The van der Waals surface area contributed by atoms with E-state index in [1.807, 2.05) is 38.1 Å². The number of nitrogens with two attached hydrogens (primary N) is 2. The fourth-order valence-corrected chi connectivity index (χ4v) is 15.0. The molecule has 7 N–H and O–H groups in total. The lowest BCUT2D eigenvalue weighted by Gasteiger charge is -2.43. The molecule has 8 fully saturated rings. The second-order valence-electron chi connectivity index (χ2n) is 29.6. The van der Waals surface area contributed by atoms with Crippen LogP contribution in [-0.2, 0) is 18.9 Å². The number of rotatable bonds is 12. The molecule has 8 aliphatic heterocycles. The van der Waals surface area contributed by atoms with Crippen molar-refractivity contribution >= 4 is 116 Å². The third-order valence-corrected chi connectivity index (χ3v) is 22.1. The number of ether oxygens (including phenoxy) is 4. The quantitative estimate of drug-likeness (QED) is 0.0249. The highest BCUT2D eigenvalue weighted by Crippen LogP contribution is 2.29. The monoisotopic (exact) mass is 1950 g/mol. The maximum atomic E-state index is 12.8. The number of nitrogen functional groups attached to an aromatic ring is 2. The fourth-order valence-electron chi connectivity index (χ4n) is 13.7. The third kappa shape index (κ3) is 29.6. The second-order valence-corrected chi connectivity index (χ2v) is 32.7. The number of nitro groups is 2. The van der Waals surface area contributed by atoms with Gasteiger partial charge in [0.15, 0.2) is 39.6 Å². The molecule has 7 aromatic carbocycles. The number of hydrogen-bond donors (Lipinski definition) is 5. The molecule has 10 aromatic rings. The highest BCUT2D eigenvalue weighted by Gasteiger charge is 2.33. The summed E-state index contributed by atoms with van der Waals surface area (Å²) < 4.78 is 101. The number of non-ortho nitro benzene ring substituents is 2. The van der Waals surface area contributed by atoms with Gasteiger partial charge in [-0.05, 0) is 214 Å². The summed E-state index contributed by atoms with van der Waals surface area (Å²) in [7, 11) is -1.76. The molecule has 11 heterocycles. The number of anilines is 5. The van der Waals surface area contributed by atoms with Crippen LogP contribution < -0.4 is 31.6 Å². The number of aryl methyl sites for hydroxylation is 4. The van der Waals surface area contributed by atoms with Crippen LogP contribution in [0, 0.1) is 82.8 Å². The summed E-state index contributed by atoms with van der Waals surface area (Å²) >= 11 is 12.3. The molecule has 122 heavy (non-hydrogen) atoms. The van der Waals surface area contributed by atoms with Gasteiger partial charge in [-0.2, -0.15) is 5.10 Å². The highest BCUT2D eigenvalue weighted by molar-refractivity contribution is 9.11. The minimum atomic E-state index is -1.76. The van der Waals surface area contributed by atoms with Gasteiger partial charge in [0.1, 0.15) is 19.0 Å². The second kappa shape index (κ2) is 47.1. The minimum Gasteiger partial charge on any atom is -0.423 e. The van der Waals surface area contributed by atoms with Crippen molar-refractivity contribution in [3.05, 3.63) is 242 Å². The van der Waals surface area contributed by atoms with Gasteiger partial charge in [0.2, 0.25) is 9.47 Å². The van der Waals surface area contributed by atoms with E-state index in [1.165, 1.54) is 107 Å². The summed E-state index contributed by atoms with van der Waals surface area (Å²) in [6.07, 6.45) is 8.47. The smallest absolute Gasteiger partial charge is 0.423 e. The normalized spacial score (nSPS) is 16.9. The molecular weight excluding hydrogens is 1860 g/mol. The molecule has 18 rings (SSSR count). The van der Waals surface area contributed by atoms with E-state index in [0.29, 0.717) is 43.7 Å². The number of piperazine rings is 3. The van der Waals surface area contributed by atoms with E-state index in [-0.39, 0.29) is 21.8 Å². The maximum absolute atomic E-state index is 12.8. The van der Waals surface area contributed by atoms with Crippen molar-refractivity contribution < 1.29 is 65.2 Å². The number of halogens is 10. The Kier molecular flexibility index (Phi) is 36.8. The molecule has 0 unspecified atom stereocenters. The molecule has 41 heteroatoms. The van der Waals surface area contributed by atoms with Crippen molar-refractivity contribution in [2.24, 2.45) is 0 Å². The zero-order valence-electron chi connectivity index (χ0n) is 67.6. The molecule has 654 valence electrons. The van der Waals surface area contributed by atoms with Gasteiger partial charge in [0.25, 0.3) is 11.4 Å². The number of piperidine rings is 1. The van der Waals surface area contributed by atoms with Crippen LogP contribution in [-0.4, -0.2) is 260 Å². The average molecular weight is 1960 g/mol. The molecule has 8 saturated heterocycles. The maximum Gasteiger partial charge on any atom is 0.488 e. The van der Waals surface area contributed by atoms with Crippen molar-refractivity contribution in [1.82, 2.24) is 64.3 Å². The standard InChI is InChI=1S/C14H19N3O3.2C14H21N3O.2C8H4BrF2N3.C8H15NO.C7H6BrNO2.C6H5BF2O2.C2H2BrN3/c1-11-6-12(8-13(7-11)17(18)19)15-2-4-16(5-3-15)14-9-20-10-14;2*1-11-6-12(15)8-13(7-11)16-2-4-17(5-3-16)14-9-18-10-14;2*9-8-12-4-14(13-8)5-1-2-6(10)7(11)3-5;1-2-4-9(5-3-1)8-6-10-7-8;1-5-2-6(8)4-7(3-5)9(10)11;8-5-2-1-4(7(10)11)3-6(5)9;3-2-4-1-5-6-2/h6-8,14H,2-5,9-10H2,1H3;2*6-8,14H,2-5,9-10,15H2,1H3;2*1-4H;8H,1-7H2;2-4H,1H3;1-3,10-11H;1H,(H,4,5,6). The largest absolute Gasteiger partial charge is 0.488 e. The number of nitrogens with zero attached hydrogens (tertiary/aromatic N) is 17. The first-order chi connectivity index (χ1) is 58.5. The number of nitro benzene ring substituents is 2. The topological polar surface area (TPSA) is 341 Å². The van der Waals surface area contributed by atoms with E-state index in [0.717, 1.165) is 213 Å². The predicted molar refractivity (Wildman–Crippen MR) is 468 cm³/mol. The lowest BCUT2D eigenvalue weighted by Crippen LogP contribution is -2.56. The molecule has 0 bridgehead atoms. The predicted octanol–water partition coefficient (Wildman–Crippen LogP) is 12.0. The van der Waals surface area contributed by atoms with Crippen LogP contribution in [0.15, 0.2) is 165 Å². The van der Waals surface area contributed by atoms with E-state index >= 15 is 0 Å². The molecule has 8 aliphatic rings. The molecule has 0 spiro atoms. The van der Waals surface area contributed by atoms with Gasteiger partial charge in [-0.15, -0.1) is 10.2 Å². The molecule has 30 nitrogen and oxygen atoms in total. The van der Waals surface area contributed by atoms with Crippen molar-refractivity contribution in [1.29, 1.82) is 0 Å². The van der Waals surface area contributed by atoms with Crippen molar-refractivity contribution in [3.63, 3.8) is 0 Å². The lowest BCUT2D eigenvalue weighted by molar-refractivity contribution is -0.385. The van der Waals surface area contributed by atoms with Crippen LogP contribution in [0.1, 0.15) is 41.5 Å². The van der Waals surface area contributed by atoms with Crippen LogP contribution in [0.5, 0.6) is 0 Å². The molecule has 0 radical (unpaired) electrons. The Morgan fingerprint density at radius 2 is 0.770 bits per heavy atom. The lowest BCUT2D eigenvalue weighted by atomic mass is 9.80. The van der Waals surface area contributed by atoms with E-state index in [1.54, 1.807) is 12.1 Å². The van der Waals surface area contributed by atoms with E-state index in [4.69, 9.17) is 40.5 Å². The van der Waals surface area contributed by atoms with Crippen LogP contribution in [0.25, 0.3) is 11.4 Å². The summed E-state index contributed by atoms with van der Waals surface area (Å²) in [5.41, 5.74) is 22.4. The van der Waals surface area contributed by atoms with Gasteiger partial charge in [-0.1, -0.05) is 28.4 Å². The molecule has 0 amide bonds. The first kappa shape index (κ1) is 95.2. The number of aromatic amines is 1. The Morgan fingerprint density at radius 1 is 0.418 bits per heavy atom. The van der Waals surface area contributed by atoms with Gasteiger partial charge < -0.3 is 55.2 Å². The highest BCUT2D eigenvalue weighted by atomic mass is 79.9. The zero-order valence-corrected chi connectivity index (χ0v) is 74.0. The van der Waals surface area contributed by atoms with Crippen LogP contribution >= 0.6 is 63.7 Å². The molecule has 0 atom stereocenters.